The number of hydrogen-bond acceptors (Lipinski definition) is 1. The highest BCUT2D eigenvalue weighted by Crippen LogP contribution is 2.48. The Morgan fingerprint density at radius 2 is 2.05 bits per heavy atom. The summed E-state index contributed by atoms with van der Waals surface area (Å²) in [5.74, 6) is 1.10. The van der Waals surface area contributed by atoms with Gasteiger partial charge in [-0.3, -0.25) is 0 Å². The van der Waals surface area contributed by atoms with Gasteiger partial charge < -0.3 is 5.32 Å². The van der Waals surface area contributed by atoms with Gasteiger partial charge in [0.05, 0.1) is 0 Å². The van der Waals surface area contributed by atoms with Crippen molar-refractivity contribution in [1.82, 2.24) is 5.32 Å². The lowest BCUT2D eigenvalue weighted by Crippen LogP contribution is -2.28. The zero-order valence-corrected chi connectivity index (χ0v) is 11.3. The molecule has 0 aromatic heterocycles. The minimum Gasteiger partial charge on any atom is -0.310 e. The number of halogens is 2. The minimum absolute atomic E-state index is 0.0780. The molecule has 2 saturated carbocycles. The van der Waals surface area contributed by atoms with E-state index >= 15 is 0 Å². The van der Waals surface area contributed by atoms with Crippen molar-refractivity contribution in [2.45, 2.75) is 38.6 Å². The molecular weight excluding hydrogens is 244 g/mol. The van der Waals surface area contributed by atoms with Gasteiger partial charge in [-0.2, -0.15) is 0 Å². The van der Waals surface area contributed by atoms with Gasteiger partial charge in [-0.15, -0.1) is 0 Å². The molecule has 2 fully saturated rings. The molecule has 1 aromatic rings. The molecule has 0 heterocycles. The summed E-state index contributed by atoms with van der Waals surface area (Å²) in [7, 11) is 0. The van der Waals surface area contributed by atoms with Crippen molar-refractivity contribution < 1.29 is 8.78 Å². The Labute approximate surface area is 113 Å². The fourth-order valence-electron chi connectivity index (χ4n) is 3.85. The number of nitrogens with one attached hydrogen (secondary N) is 1. The van der Waals surface area contributed by atoms with Gasteiger partial charge in [0, 0.05) is 6.04 Å². The number of fused-ring (bicyclic) bond motifs is 2. The van der Waals surface area contributed by atoms with E-state index in [2.05, 4.69) is 5.32 Å². The molecule has 2 aliphatic carbocycles. The van der Waals surface area contributed by atoms with Crippen LogP contribution >= 0.6 is 0 Å². The molecule has 0 saturated heterocycles. The van der Waals surface area contributed by atoms with Crippen LogP contribution in [-0.2, 0) is 0 Å². The topological polar surface area (TPSA) is 12.0 Å². The zero-order valence-electron chi connectivity index (χ0n) is 11.3. The van der Waals surface area contributed by atoms with Crippen LogP contribution in [0.15, 0.2) is 18.2 Å². The standard InChI is InChI=1S/C16H21F2N/c1-10(12-4-5-15(17)16(18)8-12)19-9-14-7-11-2-3-13(14)6-11/h4-5,8,10-11,13-14,19H,2-3,6-7,9H2,1H3. The first kappa shape index (κ1) is 13.0. The van der Waals surface area contributed by atoms with Gasteiger partial charge in [0.2, 0.25) is 0 Å². The van der Waals surface area contributed by atoms with Gasteiger partial charge in [0.15, 0.2) is 11.6 Å². The molecule has 0 radical (unpaired) electrons. The van der Waals surface area contributed by atoms with E-state index in [-0.39, 0.29) is 6.04 Å². The average Bonchev–Trinajstić information content (AvgIpc) is 3.01. The fourth-order valence-corrected chi connectivity index (χ4v) is 3.85. The maximum Gasteiger partial charge on any atom is 0.159 e. The molecule has 19 heavy (non-hydrogen) atoms. The summed E-state index contributed by atoms with van der Waals surface area (Å²) in [6.45, 7) is 3.02. The van der Waals surface area contributed by atoms with Gasteiger partial charge in [0.25, 0.3) is 0 Å². The zero-order chi connectivity index (χ0) is 13.4. The van der Waals surface area contributed by atoms with Crippen LogP contribution in [0.2, 0.25) is 0 Å². The lowest BCUT2D eigenvalue weighted by Gasteiger charge is -2.24. The van der Waals surface area contributed by atoms with E-state index in [9.17, 15) is 8.78 Å². The first-order valence-electron chi connectivity index (χ1n) is 7.32. The summed E-state index contributed by atoms with van der Waals surface area (Å²) in [4.78, 5) is 0. The molecule has 3 rings (SSSR count). The summed E-state index contributed by atoms with van der Waals surface area (Å²) in [6, 6.07) is 4.25. The Morgan fingerprint density at radius 3 is 2.68 bits per heavy atom. The Morgan fingerprint density at radius 1 is 1.21 bits per heavy atom. The maximum atomic E-state index is 13.2. The van der Waals surface area contributed by atoms with Crippen LogP contribution in [0, 0.1) is 29.4 Å². The van der Waals surface area contributed by atoms with Crippen molar-refractivity contribution in [3.8, 4) is 0 Å². The fraction of sp³-hybridized carbons (Fsp3) is 0.625. The molecule has 0 aliphatic heterocycles. The highest BCUT2D eigenvalue weighted by Gasteiger charge is 2.39. The van der Waals surface area contributed by atoms with Gasteiger partial charge in [-0.1, -0.05) is 12.5 Å². The van der Waals surface area contributed by atoms with Crippen molar-refractivity contribution in [3.05, 3.63) is 35.4 Å². The monoisotopic (exact) mass is 265 g/mol. The highest BCUT2D eigenvalue weighted by atomic mass is 19.2. The van der Waals surface area contributed by atoms with E-state index < -0.39 is 11.6 Å². The first-order chi connectivity index (χ1) is 9.13. The Hall–Kier alpha value is -0.960. The Kier molecular flexibility index (Phi) is 3.57. The molecule has 104 valence electrons. The van der Waals surface area contributed by atoms with E-state index in [0.29, 0.717) is 0 Å². The summed E-state index contributed by atoms with van der Waals surface area (Å²) < 4.78 is 26.1. The second-order valence-corrected chi connectivity index (χ2v) is 6.24. The van der Waals surface area contributed by atoms with Crippen molar-refractivity contribution in [3.63, 3.8) is 0 Å². The largest absolute Gasteiger partial charge is 0.310 e. The summed E-state index contributed by atoms with van der Waals surface area (Å²) in [5, 5.41) is 3.48. The molecule has 4 unspecified atom stereocenters. The number of benzene rings is 1. The predicted octanol–water partition coefficient (Wildman–Crippen LogP) is 4.05. The number of hydrogen-bond donors (Lipinski definition) is 1. The number of rotatable bonds is 4. The third-order valence-electron chi connectivity index (χ3n) is 5.01. The summed E-state index contributed by atoms with van der Waals surface area (Å²) >= 11 is 0. The molecule has 2 aliphatic rings. The molecule has 4 atom stereocenters. The van der Waals surface area contributed by atoms with Crippen molar-refractivity contribution in [1.29, 1.82) is 0 Å². The van der Waals surface area contributed by atoms with Crippen LogP contribution in [0.4, 0.5) is 8.78 Å². The Bertz CT molecular complexity index is 460. The molecule has 2 bridgehead atoms. The first-order valence-corrected chi connectivity index (χ1v) is 7.32. The molecule has 0 amide bonds. The molecule has 0 spiro atoms. The van der Waals surface area contributed by atoms with E-state index in [4.69, 9.17) is 0 Å². The quantitative estimate of drug-likeness (QED) is 0.866. The van der Waals surface area contributed by atoms with Crippen molar-refractivity contribution in [2.24, 2.45) is 17.8 Å². The van der Waals surface area contributed by atoms with Gasteiger partial charge in [-0.05, 0) is 68.2 Å². The molecule has 3 heteroatoms. The predicted molar refractivity (Wildman–Crippen MR) is 71.7 cm³/mol. The smallest absolute Gasteiger partial charge is 0.159 e. The lowest BCUT2D eigenvalue weighted by molar-refractivity contribution is 0.309. The van der Waals surface area contributed by atoms with E-state index in [1.54, 1.807) is 6.07 Å². The minimum atomic E-state index is -0.774. The van der Waals surface area contributed by atoms with Crippen molar-refractivity contribution in [2.75, 3.05) is 6.54 Å². The van der Waals surface area contributed by atoms with E-state index in [0.717, 1.165) is 29.9 Å². The van der Waals surface area contributed by atoms with Crippen LogP contribution in [0.5, 0.6) is 0 Å². The average molecular weight is 265 g/mol. The molecular formula is C16H21F2N. The van der Waals surface area contributed by atoms with Crippen LogP contribution in [0.1, 0.15) is 44.2 Å². The Balaban J connectivity index is 1.56. The second-order valence-electron chi connectivity index (χ2n) is 6.24. The van der Waals surface area contributed by atoms with Crippen LogP contribution in [0.3, 0.4) is 0 Å². The molecule has 1 nitrogen and oxygen atoms in total. The van der Waals surface area contributed by atoms with Crippen LogP contribution in [0.25, 0.3) is 0 Å². The van der Waals surface area contributed by atoms with Crippen LogP contribution in [-0.4, -0.2) is 6.54 Å². The SMILES string of the molecule is CC(NCC1CC2CCC1C2)c1ccc(F)c(F)c1. The summed E-state index contributed by atoms with van der Waals surface area (Å²) in [5.41, 5.74) is 0.821. The highest BCUT2D eigenvalue weighted by molar-refractivity contribution is 5.20. The normalized spacial score (nSPS) is 30.8. The maximum absolute atomic E-state index is 13.2. The third-order valence-corrected chi connectivity index (χ3v) is 5.01. The third kappa shape index (κ3) is 2.66. The van der Waals surface area contributed by atoms with Crippen molar-refractivity contribution >= 4 is 0 Å². The molecule has 1 aromatic carbocycles. The second kappa shape index (κ2) is 5.20. The molecule has 1 N–H and O–H groups in total. The van der Waals surface area contributed by atoms with Gasteiger partial charge >= 0.3 is 0 Å². The van der Waals surface area contributed by atoms with E-state index in [1.807, 2.05) is 6.92 Å². The van der Waals surface area contributed by atoms with Gasteiger partial charge in [0.1, 0.15) is 0 Å². The summed E-state index contributed by atoms with van der Waals surface area (Å²) in [6.07, 6.45) is 5.56. The van der Waals surface area contributed by atoms with Crippen LogP contribution < -0.4 is 5.32 Å². The van der Waals surface area contributed by atoms with Gasteiger partial charge in [-0.25, -0.2) is 8.78 Å². The lowest BCUT2D eigenvalue weighted by atomic mass is 9.88. The van der Waals surface area contributed by atoms with E-state index in [1.165, 1.54) is 37.8 Å².